The van der Waals surface area contributed by atoms with Crippen LogP contribution < -0.4 is 10.2 Å². The van der Waals surface area contributed by atoms with Gasteiger partial charge in [-0.3, -0.25) is 9.69 Å². The standard InChI is InChI=1S/C23H25N5O/c29-22-16-27(12-10-24-22)14-17-8-11-28(15-17)23-25-9-7-21(26-23)20-6-5-18-3-1-2-4-19(18)13-20/h1-7,9,13,17H,8,10-12,14-16H2,(H,24,29). The first-order valence-corrected chi connectivity index (χ1v) is 10.3. The molecule has 1 unspecified atom stereocenters. The fourth-order valence-electron chi connectivity index (χ4n) is 4.39. The van der Waals surface area contributed by atoms with Crippen molar-refractivity contribution in [1.29, 1.82) is 0 Å². The lowest BCUT2D eigenvalue weighted by Gasteiger charge is -2.28. The van der Waals surface area contributed by atoms with Crippen LogP contribution in [0.4, 0.5) is 5.95 Å². The predicted molar refractivity (Wildman–Crippen MR) is 115 cm³/mol. The highest BCUT2D eigenvalue weighted by Crippen LogP contribution is 2.26. The summed E-state index contributed by atoms with van der Waals surface area (Å²) in [5.41, 5.74) is 2.07. The Morgan fingerprint density at radius 1 is 1.07 bits per heavy atom. The van der Waals surface area contributed by atoms with E-state index in [0.717, 1.165) is 56.4 Å². The van der Waals surface area contributed by atoms with Gasteiger partial charge in [0.2, 0.25) is 11.9 Å². The molecule has 1 aromatic heterocycles. The summed E-state index contributed by atoms with van der Waals surface area (Å²) >= 11 is 0. The average Bonchev–Trinajstić information content (AvgIpc) is 3.22. The highest BCUT2D eigenvalue weighted by molar-refractivity contribution is 5.86. The maximum absolute atomic E-state index is 11.6. The third-order valence-electron chi connectivity index (χ3n) is 5.89. The van der Waals surface area contributed by atoms with Crippen molar-refractivity contribution in [3.05, 3.63) is 54.7 Å². The summed E-state index contributed by atoms with van der Waals surface area (Å²) in [6.45, 7) is 5.09. The van der Waals surface area contributed by atoms with Gasteiger partial charge in [-0.15, -0.1) is 0 Å². The number of nitrogens with zero attached hydrogens (tertiary/aromatic N) is 4. The summed E-state index contributed by atoms with van der Waals surface area (Å²) in [5.74, 6) is 1.49. The number of hydrogen-bond donors (Lipinski definition) is 1. The van der Waals surface area contributed by atoms with E-state index in [4.69, 9.17) is 4.98 Å². The molecule has 6 nitrogen and oxygen atoms in total. The van der Waals surface area contributed by atoms with Crippen LogP contribution in [0.15, 0.2) is 54.7 Å². The number of hydrogen-bond acceptors (Lipinski definition) is 5. The molecule has 0 bridgehead atoms. The fraction of sp³-hybridized carbons (Fsp3) is 0.348. The first-order valence-electron chi connectivity index (χ1n) is 10.3. The second-order valence-electron chi connectivity index (χ2n) is 7.99. The highest BCUT2D eigenvalue weighted by Gasteiger charge is 2.27. The Hall–Kier alpha value is -2.99. The maximum atomic E-state index is 11.6. The van der Waals surface area contributed by atoms with Crippen LogP contribution in [0, 0.1) is 5.92 Å². The number of anilines is 1. The Morgan fingerprint density at radius 3 is 2.86 bits per heavy atom. The number of fused-ring (bicyclic) bond motifs is 1. The van der Waals surface area contributed by atoms with Crippen LogP contribution in [0.3, 0.4) is 0 Å². The summed E-state index contributed by atoms with van der Waals surface area (Å²) in [7, 11) is 0. The zero-order valence-electron chi connectivity index (χ0n) is 16.4. The normalized spacial score (nSPS) is 20.2. The van der Waals surface area contributed by atoms with Gasteiger partial charge in [-0.2, -0.15) is 0 Å². The van der Waals surface area contributed by atoms with Gasteiger partial charge in [-0.1, -0.05) is 36.4 Å². The van der Waals surface area contributed by atoms with E-state index in [1.54, 1.807) is 0 Å². The van der Waals surface area contributed by atoms with Crippen molar-refractivity contribution >= 4 is 22.6 Å². The second-order valence-corrected chi connectivity index (χ2v) is 7.99. The first kappa shape index (κ1) is 18.1. The number of amides is 1. The molecule has 2 aliphatic rings. The minimum Gasteiger partial charge on any atom is -0.354 e. The molecule has 148 valence electrons. The summed E-state index contributed by atoms with van der Waals surface area (Å²) < 4.78 is 0. The fourth-order valence-corrected chi connectivity index (χ4v) is 4.39. The zero-order valence-corrected chi connectivity index (χ0v) is 16.4. The molecule has 1 amide bonds. The van der Waals surface area contributed by atoms with Gasteiger partial charge in [0.05, 0.1) is 12.2 Å². The van der Waals surface area contributed by atoms with E-state index in [2.05, 4.69) is 62.6 Å². The minimum absolute atomic E-state index is 0.137. The van der Waals surface area contributed by atoms with E-state index in [0.29, 0.717) is 12.5 Å². The summed E-state index contributed by atoms with van der Waals surface area (Å²) in [6, 6.07) is 16.8. The first-order chi connectivity index (χ1) is 14.2. The van der Waals surface area contributed by atoms with Gasteiger partial charge in [0.15, 0.2) is 0 Å². The topological polar surface area (TPSA) is 61.4 Å². The van der Waals surface area contributed by atoms with E-state index in [1.165, 1.54) is 10.8 Å². The number of nitrogens with one attached hydrogen (secondary N) is 1. The highest BCUT2D eigenvalue weighted by atomic mass is 16.2. The van der Waals surface area contributed by atoms with Crippen molar-refractivity contribution in [3.8, 4) is 11.3 Å². The monoisotopic (exact) mass is 387 g/mol. The molecule has 3 aromatic rings. The number of carbonyl (C=O) groups excluding carboxylic acids is 1. The number of carbonyl (C=O) groups is 1. The number of piperazine rings is 1. The van der Waals surface area contributed by atoms with Gasteiger partial charge in [0.25, 0.3) is 0 Å². The largest absolute Gasteiger partial charge is 0.354 e. The van der Waals surface area contributed by atoms with E-state index >= 15 is 0 Å². The Morgan fingerprint density at radius 2 is 1.97 bits per heavy atom. The molecule has 2 saturated heterocycles. The Bertz CT molecular complexity index is 1040. The molecule has 0 spiro atoms. The molecular weight excluding hydrogens is 362 g/mol. The average molecular weight is 387 g/mol. The summed E-state index contributed by atoms with van der Waals surface area (Å²) in [5, 5.41) is 5.35. The van der Waals surface area contributed by atoms with Gasteiger partial charge in [0.1, 0.15) is 0 Å². The molecule has 2 fully saturated rings. The molecule has 0 radical (unpaired) electrons. The number of benzene rings is 2. The van der Waals surface area contributed by atoms with Crippen molar-refractivity contribution in [2.75, 3.05) is 44.2 Å². The lowest BCUT2D eigenvalue weighted by molar-refractivity contribution is -0.124. The van der Waals surface area contributed by atoms with Crippen molar-refractivity contribution in [3.63, 3.8) is 0 Å². The van der Waals surface area contributed by atoms with Gasteiger partial charge in [-0.25, -0.2) is 9.97 Å². The van der Waals surface area contributed by atoms with Crippen LogP contribution in [-0.2, 0) is 4.79 Å². The molecule has 0 aliphatic carbocycles. The Labute approximate surface area is 170 Å². The van der Waals surface area contributed by atoms with Gasteiger partial charge in [0, 0.05) is 44.5 Å². The third kappa shape index (κ3) is 3.93. The van der Waals surface area contributed by atoms with Gasteiger partial charge < -0.3 is 10.2 Å². The molecule has 2 aromatic carbocycles. The molecule has 5 rings (SSSR count). The molecule has 3 heterocycles. The van der Waals surface area contributed by atoms with E-state index in [1.807, 2.05) is 12.3 Å². The molecule has 29 heavy (non-hydrogen) atoms. The second kappa shape index (κ2) is 7.79. The zero-order chi connectivity index (χ0) is 19.6. The van der Waals surface area contributed by atoms with Crippen LogP contribution in [0.1, 0.15) is 6.42 Å². The number of rotatable bonds is 4. The van der Waals surface area contributed by atoms with Crippen LogP contribution in [0.2, 0.25) is 0 Å². The maximum Gasteiger partial charge on any atom is 0.234 e. The van der Waals surface area contributed by atoms with Gasteiger partial charge >= 0.3 is 0 Å². The van der Waals surface area contributed by atoms with Crippen LogP contribution in [0.25, 0.3) is 22.0 Å². The van der Waals surface area contributed by atoms with E-state index < -0.39 is 0 Å². The molecule has 1 atom stereocenters. The smallest absolute Gasteiger partial charge is 0.234 e. The summed E-state index contributed by atoms with van der Waals surface area (Å²) in [6.07, 6.45) is 2.97. The Kier molecular flexibility index (Phi) is 4.86. The van der Waals surface area contributed by atoms with E-state index in [9.17, 15) is 4.79 Å². The predicted octanol–water partition coefficient (Wildman–Crippen LogP) is 2.55. The molecule has 1 N–H and O–H groups in total. The van der Waals surface area contributed by atoms with E-state index in [-0.39, 0.29) is 5.91 Å². The van der Waals surface area contributed by atoms with Crippen LogP contribution in [0.5, 0.6) is 0 Å². The van der Waals surface area contributed by atoms with Crippen LogP contribution >= 0.6 is 0 Å². The Balaban J connectivity index is 1.30. The molecule has 2 aliphatic heterocycles. The molecule has 6 heteroatoms. The van der Waals surface area contributed by atoms with Crippen molar-refractivity contribution < 1.29 is 4.79 Å². The third-order valence-corrected chi connectivity index (χ3v) is 5.89. The quantitative estimate of drug-likeness (QED) is 0.746. The summed E-state index contributed by atoms with van der Waals surface area (Å²) in [4.78, 5) is 25.5. The number of aromatic nitrogens is 2. The van der Waals surface area contributed by atoms with Crippen LogP contribution in [-0.4, -0.2) is 60.0 Å². The lowest BCUT2D eigenvalue weighted by atomic mass is 10.1. The van der Waals surface area contributed by atoms with Crippen molar-refractivity contribution in [2.45, 2.75) is 6.42 Å². The van der Waals surface area contributed by atoms with Crippen molar-refractivity contribution in [2.24, 2.45) is 5.92 Å². The molecular formula is C23H25N5O. The SMILES string of the molecule is O=C1CN(CC2CCN(c3nccc(-c4ccc5ccccc5c4)n3)C2)CCN1. The van der Waals surface area contributed by atoms with Gasteiger partial charge in [-0.05, 0) is 35.2 Å². The minimum atomic E-state index is 0.137. The lowest BCUT2D eigenvalue weighted by Crippen LogP contribution is -2.49. The van der Waals surface area contributed by atoms with Crippen molar-refractivity contribution in [1.82, 2.24) is 20.2 Å². The molecule has 0 saturated carbocycles.